The number of rotatable bonds is 6. The number of amides is 1. The predicted molar refractivity (Wildman–Crippen MR) is 81.5 cm³/mol. The summed E-state index contributed by atoms with van der Waals surface area (Å²) in [5.41, 5.74) is 1.34. The van der Waals surface area contributed by atoms with Crippen LogP contribution >= 0.6 is 0 Å². The number of hydrogen-bond acceptors (Lipinski definition) is 3. The highest BCUT2D eigenvalue weighted by molar-refractivity contribution is 5.76. The molecule has 4 nitrogen and oxygen atoms in total. The molecule has 1 aromatic rings. The summed E-state index contributed by atoms with van der Waals surface area (Å²) < 4.78 is 0. The molecule has 0 saturated carbocycles. The van der Waals surface area contributed by atoms with Crippen LogP contribution < -0.4 is 10.6 Å². The van der Waals surface area contributed by atoms with Gasteiger partial charge in [0.05, 0.1) is 0 Å². The summed E-state index contributed by atoms with van der Waals surface area (Å²) in [6, 6.07) is 11.3. The fourth-order valence-corrected chi connectivity index (χ4v) is 2.74. The first-order chi connectivity index (χ1) is 9.70. The Hall–Kier alpha value is -1.39. The molecule has 1 amide bonds. The van der Waals surface area contributed by atoms with Crippen molar-refractivity contribution in [3.63, 3.8) is 0 Å². The Morgan fingerprint density at radius 2 is 2.15 bits per heavy atom. The van der Waals surface area contributed by atoms with E-state index in [9.17, 15) is 4.79 Å². The number of hydrogen-bond donors (Lipinski definition) is 2. The summed E-state index contributed by atoms with van der Waals surface area (Å²) in [6.45, 7) is 4.97. The van der Waals surface area contributed by atoms with Crippen molar-refractivity contribution in [1.82, 2.24) is 15.5 Å². The summed E-state index contributed by atoms with van der Waals surface area (Å²) in [7, 11) is 1.87. The van der Waals surface area contributed by atoms with Crippen LogP contribution in [0.3, 0.4) is 0 Å². The van der Waals surface area contributed by atoms with E-state index in [2.05, 4.69) is 46.7 Å². The lowest BCUT2D eigenvalue weighted by Crippen LogP contribution is -2.38. The summed E-state index contributed by atoms with van der Waals surface area (Å²) in [5.74, 6) is 0.151. The van der Waals surface area contributed by atoms with E-state index in [1.54, 1.807) is 0 Å². The smallest absolute Gasteiger partial charge is 0.221 e. The zero-order chi connectivity index (χ0) is 14.4. The van der Waals surface area contributed by atoms with Gasteiger partial charge in [-0.05, 0) is 26.0 Å². The van der Waals surface area contributed by atoms with Gasteiger partial charge in [-0.1, -0.05) is 30.3 Å². The molecule has 1 aliphatic heterocycles. The molecule has 0 bridgehead atoms. The first-order valence-electron chi connectivity index (χ1n) is 7.43. The number of nitrogens with one attached hydrogen (secondary N) is 2. The van der Waals surface area contributed by atoms with Gasteiger partial charge < -0.3 is 10.6 Å². The van der Waals surface area contributed by atoms with Gasteiger partial charge in [0, 0.05) is 38.1 Å². The highest BCUT2D eigenvalue weighted by Gasteiger charge is 2.27. The molecule has 2 atom stereocenters. The van der Waals surface area contributed by atoms with Crippen molar-refractivity contribution in [2.75, 3.05) is 26.7 Å². The van der Waals surface area contributed by atoms with Gasteiger partial charge in [-0.15, -0.1) is 0 Å². The Balaban J connectivity index is 1.81. The molecule has 20 heavy (non-hydrogen) atoms. The second-order valence-corrected chi connectivity index (χ2v) is 5.49. The Morgan fingerprint density at radius 1 is 1.40 bits per heavy atom. The summed E-state index contributed by atoms with van der Waals surface area (Å²) in [4.78, 5) is 14.2. The average molecular weight is 275 g/mol. The van der Waals surface area contributed by atoms with Crippen LogP contribution in [-0.4, -0.2) is 43.5 Å². The molecule has 0 aromatic heterocycles. The summed E-state index contributed by atoms with van der Waals surface area (Å²) in [5, 5.41) is 6.13. The number of benzene rings is 1. The van der Waals surface area contributed by atoms with Gasteiger partial charge >= 0.3 is 0 Å². The molecule has 0 aliphatic carbocycles. The van der Waals surface area contributed by atoms with Gasteiger partial charge in [0.1, 0.15) is 0 Å². The van der Waals surface area contributed by atoms with Gasteiger partial charge in [-0.25, -0.2) is 0 Å². The highest BCUT2D eigenvalue weighted by Crippen LogP contribution is 2.24. The van der Waals surface area contributed by atoms with E-state index in [4.69, 9.17) is 0 Å². The topological polar surface area (TPSA) is 44.4 Å². The van der Waals surface area contributed by atoms with Crippen molar-refractivity contribution >= 4 is 5.91 Å². The Kier molecular flexibility index (Phi) is 5.56. The quantitative estimate of drug-likeness (QED) is 0.828. The van der Waals surface area contributed by atoms with Crippen LogP contribution in [-0.2, 0) is 4.79 Å². The summed E-state index contributed by atoms with van der Waals surface area (Å²) >= 11 is 0. The fourth-order valence-electron chi connectivity index (χ4n) is 2.74. The fraction of sp³-hybridized carbons (Fsp3) is 0.562. The molecule has 110 valence electrons. The van der Waals surface area contributed by atoms with E-state index in [1.165, 1.54) is 5.56 Å². The number of carbonyl (C=O) groups is 1. The Morgan fingerprint density at radius 3 is 2.85 bits per heavy atom. The molecule has 4 heteroatoms. The molecule has 1 fully saturated rings. The first-order valence-corrected chi connectivity index (χ1v) is 7.43. The third-order valence-electron chi connectivity index (χ3n) is 4.02. The van der Waals surface area contributed by atoms with Crippen LogP contribution in [0.25, 0.3) is 0 Å². The third-order valence-corrected chi connectivity index (χ3v) is 4.02. The van der Waals surface area contributed by atoms with E-state index in [-0.39, 0.29) is 5.91 Å². The third kappa shape index (κ3) is 4.05. The van der Waals surface area contributed by atoms with Crippen LogP contribution in [0, 0.1) is 0 Å². The molecule has 0 spiro atoms. The minimum absolute atomic E-state index is 0.151. The predicted octanol–water partition coefficient (Wildman–Crippen LogP) is 1.55. The van der Waals surface area contributed by atoms with E-state index < -0.39 is 0 Å². The second-order valence-electron chi connectivity index (χ2n) is 5.49. The maximum Gasteiger partial charge on any atom is 0.221 e. The Labute approximate surface area is 121 Å². The van der Waals surface area contributed by atoms with Gasteiger partial charge in [0.15, 0.2) is 0 Å². The monoisotopic (exact) mass is 275 g/mol. The number of likely N-dealkylation sites (tertiary alicyclic amines) is 1. The van der Waals surface area contributed by atoms with E-state index in [0.717, 1.165) is 26.1 Å². The number of carbonyl (C=O) groups excluding carboxylic acids is 1. The van der Waals surface area contributed by atoms with Crippen molar-refractivity contribution in [3.8, 4) is 0 Å². The molecule has 1 aromatic carbocycles. The second kappa shape index (κ2) is 7.41. The standard InChI is InChI=1S/C16H25N3O/c1-13(14-6-4-3-5-7-14)19-11-9-15(12-19)18-16(20)8-10-17-2/h3-7,13,15,17H,8-12H2,1-2H3,(H,18,20). The van der Waals surface area contributed by atoms with Crippen molar-refractivity contribution in [3.05, 3.63) is 35.9 Å². The lowest BCUT2D eigenvalue weighted by atomic mass is 10.1. The SMILES string of the molecule is CNCCC(=O)NC1CCN(C(C)c2ccccc2)C1. The minimum atomic E-state index is 0.151. The van der Waals surface area contributed by atoms with Crippen molar-refractivity contribution in [1.29, 1.82) is 0 Å². The van der Waals surface area contributed by atoms with Gasteiger partial charge in [-0.2, -0.15) is 0 Å². The van der Waals surface area contributed by atoms with Gasteiger partial charge in [-0.3, -0.25) is 9.69 Å². The zero-order valence-corrected chi connectivity index (χ0v) is 12.4. The van der Waals surface area contributed by atoms with Crippen molar-refractivity contribution in [2.24, 2.45) is 0 Å². The van der Waals surface area contributed by atoms with E-state index in [0.29, 0.717) is 18.5 Å². The molecular weight excluding hydrogens is 250 g/mol. The molecule has 2 unspecified atom stereocenters. The lowest BCUT2D eigenvalue weighted by molar-refractivity contribution is -0.121. The van der Waals surface area contributed by atoms with E-state index >= 15 is 0 Å². The molecule has 2 N–H and O–H groups in total. The van der Waals surface area contributed by atoms with Gasteiger partial charge in [0.25, 0.3) is 0 Å². The van der Waals surface area contributed by atoms with Crippen LogP contribution in [0.5, 0.6) is 0 Å². The minimum Gasteiger partial charge on any atom is -0.352 e. The van der Waals surface area contributed by atoms with Crippen LogP contribution in [0.2, 0.25) is 0 Å². The van der Waals surface area contributed by atoms with Crippen molar-refractivity contribution in [2.45, 2.75) is 31.8 Å². The average Bonchev–Trinajstić information content (AvgIpc) is 2.93. The highest BCUT2D eigenvalue weighted by atomic mass is 16.1. The Bertz CT molecular complexity index is 421. The zero-order valence-electron chi connectivity index (χ0n) is 12.4. The number of nitrogens with zero attached hydrogens (tertiary/aromatic N) is 1. The molecule has 1 heterocycles. The lowest BCUT2D eigenvalue weighted by Gasteiger charge is -2.24. The normalized spacial score (nSPS) is 20.8. The maximum atomic E-state index is 11.7. The molecule has 0 radical (unpaired) electrons. The largest absolute Gasteiger partial charge is 0.352 e. The summed E-state index contributed by atoms with van der Waals surface area (Å²) in [6.07, 6.45) is 1.60. The van der Waals surface area contributed by atoms with Crippen molar-refractivity contribution < 1.29 is 4.79 Å². The van der Waals surface area contributed by atoms with Crippen LogP contribution in [0.1, 0.15) is 31.4 Å². The van der Waals surface area contributed by atoms with Gasteiger partial charge in [0.2, 0.25) is 5.91 Å². The maximum absolute atomic E-state index is 11.7. The molecule has 2 rings (SSSR count). The molecule has 1 saturated heterocycles. The molecular formula is C16H25N3O. The molecule has 1 aliphatic rings. The first kappa shape index (κ1) is 15.0. The van der Waals surface area contributed by atoms with Crippen LogP contribution in [0.15, 0.2) is 30.3 Å². The van der Waals surface area contributed by atoms with Crippen LogP contribution in [0.4, 0.5) is 0 Å². The van der Waals surface area contributed by atoms with E-state index in [1.807, 2.05) is 13.1 Å².